The molecular weight excluding hydrogens is 645 g/mol. The van der Waals surface area contributed by atoms with Crippen LogP contribution in [0, 0.1) is 12.3 Å². The highest BCUT2D eigenvalue weighted by molar-refractivity contribution is 7.16. The number of amides is 2. The highest BCUT2D eigenvalue weighted by atomic mass is 32.1. The topological polar surface area (TPSA) is 115 Å². The van der Waals surface area contributed by atoms with E-state index in [1.165, 1.54) is 9.80 Å². The van der Waals surface area contributed by atoms with Gasteiger partial charge in [0, 0.05) is 22.5 Å². The fraction of sp³-hybridized carbons (Fsp3) is 0.200. The summed E-state index contributed by atoms with van der Waals surface area (Å²) in [5, 5.41) is 9.22. The van der Waals surface area contributed by atoms with Crippen molar-refractivity contribution in [2.75, 3.05) is 19.1 Å². The Bertz CT molecular complexity index is 2110. The quantitative estimate of drug-likeness (QED) is 0.186. The first-order chi connectivity index (χ1) is 24.1. The molecule has 7 rings (SSSR count). The molecule has 0 bridgehead atoms. The second-order valence-corrected chi connectivity index (χ2v) is 13.9. The fourth-order valence-corrected chi connectivity index (χ4v) is 8.31. The van der Waals surface area contributed by atoms with E-state index in [-0.39, 0.29) is 36.7 Å². The Hall–Kier alpha value is -5.74. The first-order valence-electron chi connectivity index (χ1n) is 16.3. The van der Waals surface area contributed by atoms with Crippen LogP contribution in [-0.4, -0.2) is 47.7 Å². The number of methoxy groups -OCH3 is 1. The van der Waals surface area contributed by atoms with Crippen molar-refractivity contribution in [3.05, 3.63) is 142 Å². The number of hydrogen-bond donors (Lipinski definition) is 2. The number of carbonyl (C=O) groups excluding carboxylic acids is 2. The van der Waals surface area contributed by atoms with Gasteiger partial charge in [-0.05, 0) is 72.0 Å². The summed E-state index contributed by atoms with van der Waals surface area (Å²) in [6.07, 6.45) is 0.175. The van der Waals surface area contributed by atoms with Gasteiger partial charge >= 0.3 is 0 Å². The van der Waals surface area contributed by atoms with Crippen molar-refractivity contribution in [3.63, 3.8) is 0 Å². The van der Waals surface area contributed by atoms with Crippen LogP contribution < -0.4 is 15.4 Å². The molecule has 2 aliphatic rings. The number of nitrogens with two attached hydrogens (primary N) is 1. The summed E-state index contributed by atoms with van der Waals surface area (Å²) in [6.45, 7) is 4.26. The van der Waals surface area contributed by atoms with Gasteiger partial charge in [0.2, 0.25) is 11.9 Å². The molecule has 3 N–H and O–H groups in total. The lowest BCUT2D eigenvalue weighted by molar-refractivity contribution is -0.130. The molecule has 5 aromatic rings. The van der Waals surface area contributed by atoms with Crippen LogP contribution in [0.25, 0.3) is 10.4 Å². The number of aliphatic imine (C=N–C) groups is 1. The number of anilines is 1. The van der Waals surface area contributed by atoms with Crippen LogP contribution >= 0.6 is 11.3 Å². The molecule has 1 fully saturated rings. The maximum absolute atomic E-state index is 14.5. The van der Waals surface area contributed by atoms with Gasteiger partial charge in [0.1, 0.15) is 5.75 Å². The average molecular weight is 683 g/mol. The summed E-state index contributed by atoms with van der Waals surface area (Å²) < 4.78 is 5.48. The van der Waals surface area contributed by atoms with Crippen LogP contribution in [-0.2, 0) is 27.2 Å². The van der Waals surface area contributed by atoms with Crippen molar-refractivity contribution in [3.8, 4) is 16.2 Å². The zero-order valence-corrected chi connectivity index (χ0v) is 29.2. The summed E-state index contributed by atoms with van der Waals surface area (Å²) in [5.74, 6) is 0.597. The molecule has 1 atom stereocenters. The Balaban J connectivity index is 1.25. The number of hydrogen-bond acceptors (Lipinski definition) is 7. The second kappa shape index (κ2) is 12.6. The van der Waals surface area contributed by atoms with Gasteiger partial charge in [-0.2, -0.15) is 0 Å². The van der Waals surface area contributed by atoms with Gasteiger partial charge in [-0.25, -0.2) is 4.99 Å². The van der Waals surface area contributed by atoms with E-state index >= 15 is 0 Å². The standard InChI is InChI=1S/C40H38N6O3S/c1-26-21-33(50-35(26)28-14-12-20-32(23-28)49-4)39(2)24-34(47)44(3)38(42)46(39)31-19-11-13-27(22-31)25-45-36(48)40(43-37(45)41,29-15-7-5-8-16-29)30-17-9-6-10-18-30/h5-23,42H,24-25H2,1-4H3,(H2,41,43)/t39-/m0/s1. The molecule has 1 aromatic heterocycles. The molecule has 0 spiro atoms. The smallest absolute Gasteiger partial charge is 0.266 e. The van der Waals surface area contributed by atoms with Gasteiger partial charge in [-0.1, -0.05) is 84.9 Å². The first-order valence-corrected chi connectivity index (χ1v) is 17.2. The summed E-state index contributed by atoms with van der Waals surface area (Å²) in [6, 6.07) is 36.8. The molecule has 9 nitrogen and oxygen atoms in total. The van der Waals surface area contributed by atoms with Crippen molar-refractivity contribution in [1.29, 1.82) is 5.41 Å². The predicted octanol–water partition coefficient (Wildman–Crippen LogP) is 6.85. The van der Waals surface area contributed by atoms with Crippen molar-refractivity contribution in [2.24, 2.45) is 10.7 Å². The van der Waals surface area contributed by atoms with Gasteiger partial charge in [0.25, 0.3) is 5.91 Å². The van der Waals surface area contributed by atoms with E-state index in [9.17, 15) is 15.0 Å². The average Bonchev–Trinajstić information content (AvgIpc) is 3.65. The Morgan fingerprint density at radius 1 is 0.900 bits per heavy atom. The number of benzene rings is 4. The fourth-order valence-electron chi connectivity index (χ4n) is 7.01. The number of rotatable bonds is 8. The van der Waals surface area contributed by atoms with Crippen LogP contribution in [0.1, 0.15) is 40.5 Å². The Morgan fingerprint density at radius 2 is 1.56 bits per heavy atom. The summed E-state index contributed by atoms with van der Waals surface area (Å²) in [4.78, 5) is 39.6. The zero-order valence-electron chi connectivity index (χ0n) is 28.4. The monoisotopic (exact) mass is 682 g/mol. The van der Waals surface area contributed by atoms with Crippen LogP contribution in [0.5, 0.6) is 5.75 Å². The van der Waals surface area contributed by atoms with Crippen molar-refractivity contribution >= 4 is 40.8 Å². The third-order valence-corrected chi connectivity index (χ3v) is 11.2. The van der Waals surface area contributed by atoms with E-state index in [0.717, 1.165) is 49.0 Å². The summed E-state index contributed by atoms with van der Waals surface area (Å²) in [5.41, 5.74) is 9.51. The Labute approximate surface area is 295 Å². The van der Waals surface area contributed by atoms with Gasteiger partial charge in [0.15, 0.2) is 11.5 Å². The van der Waals surface area contributed by atoms with Gasteiger partial charge in [-0.15, -0.1) is 11.3 Å². The number of guanidine groups is 2. The molecule has 1 saturated heterocycles. The lowest BCUT2D eigenvalue weighted by atomic mass is 9.83. The van der Waals surface area contributed by atoms with Gasteiger partial charge in [0.05, 0.1) is 25.6 Å². The normalized spacial score (nSPS) is 18.8. The lowest BCUT2D eigenvalue weighted by Crippen LogP contribution is -2.60. The van der Waals surface area contributed by atoms with Gasteiger partial charge < -0.3 is 15.4 Å². The van der Waals surface area contributed by atoms with E-state index < -0.39 is 11.1 Å². The maximum Gasteiger partial charge on any atom is 0.266 e. The van der Waals surface area contributed by atoms with Crippen LogP contribution in [0.15, 0.2) is 120 Å². The Kier molecular flexibility index (Phi) is 8.27. The molecule has 0 radical (unpaired) electrons. The maximum atomic E-state index is 14.5. The van der Waals surface area contributed by atoms with E-state index in [4.69, 9.17) is 15.5 Å². The molecule has 0 unspecified atom stereocenters. The molecule has 2 aliphatic heterocycles. The van der Waals surface area contributed by atoms with Crippen LogP contribution in [0.2, 0.25) is 0 Å². The second-order valence-electron chi connectivity index (χ2n) is 12.9. The summed E-state index contributed by atoms with van der Waals surface area (Å²) in [7, 11) is 3.29. The lowest BCUT2D eigenvalue weighted by Gasteiger charge is -2.48. The van der Waals surface area contributed by atoms with E-state index in [1.807, 2.05) is 115 Å². The molecule has 3 heterocycles. The van der Waals surface area contributed by atoms with Crippen molar-refractivity contribution < 1.29 is 14.3 Å². The number of nitrogens with zero attached hydrogens (tertiary/aromatic N) is 4. The molecule has 0 aliphatic carbocycles. The minimum Gasteiger partial charge on any atom is -0.497 e. The number of carbonyl (C=O) groups is 2. The molecule has 2 amide bonds. The number of nitrogens with one attached hydrogen (secondary N) is 1. The largest absolute Gasteiger partial charge is 0.497 e. The molecule has 10 heteroatoms. The predicted molar refractivity (Wildman–Crippen MR) is 198 cm³/mol. The molecule has 0 saturated carbocycles. The van der Waals surface area contributed by atoms with E-state index in [1.54, 1.807) is 25.5 Å². The minimum absolute atomic E-state index is 0.0698. The molecule has 50 heavy (non-hydrogen) atoms. The third kappa shape index (κ3) is 5.32. The SMILES string of the molecule is COc1cccc(-c2sc([C@]3(C)CC(=O)N(C)C(=N)N3c3cccc(CN4C(=O)C(c5ccccc5)(c5ccccc5)N=C4N)c3)cc2C)c1. The number of aryl methyl sites for hydroxylation is 1. The Morgan fingerprint density at radius 3 is 2.22 bits per heavy atom. The third-order valence-electron chi connectivity index (χ3n) is 9.68. The molecule has 4 aromatic carbocycles. The molecule has 252 valence electrons. The number of thiophene rings is 1. The van der Waals surface area contributed by atoms with E-state index in [0.29, 0.717) is 0 Å². The van der Waals surface area contributed by atoms with Crippen molar-refractivity contribution in [1.82, 2.24) is 9.80 Å². The van der Waals surface area contributed by atoms with Crippen LogP contribution in [0.3, 0.4) is 0 Å². The van der Waals surface area contributed by atoms with Crippen LogP contribution in [0.4, 0.5) is 5.69 Å². The minimum atomic E-state index is -1.31. The highest BCUT2D eigenvalue weighted by Crippen LogP contribution is 2.46. The molecular formula is C40H38N6O3S. The highest BCUT2D eigenvalue weighted by Gasteiger charge is 2.51. The number of ether oxygens (including phenoxy) is 1. The zero-order chi connectivity index (χ0) is 35.2. The van der Waals surface area contributed by atoms with E-state index in [2.05, 4.69) is 19.1 Å². The van der Waals surface area contributed by atoms with Gasteiger partial charge in [-0.3, -0.25) is 24.8 Å². The van der Waals surface area contributed by atoms with Crippen molar-refractivity contribution in [2.45, 2.75) is 37.9 Å². The first kappa shape index (κ1) is 32.8. The summed E-state index contributed by atoms with van der Waals surface area (Å²) >= 11 is 1.62.